The van der Waals surface area contributed by atoms with Gasteiger partial charge in [-0.3, -0.25) is 9.89 Å². The molecule has 2 rings (SSSR count). The minimum Gasteiger partial charge on any atom is -0.313 e. The zero-order valence-corrected chi connectivity index (χ0v) is 9.03. The van der Waals surface area contributed by atoms with Gasteiger partial charge in [-0.15, -0.1) is 0 Å². The monoisotopic (exact) mass is 215 g/mol. The Morgan fingerprint density at radius 2 is 2.12 bits per heavy atom. The van der Waals surface area contributed by atoms with Crippen LogP contribution in [0.1, 0.15) is 10.4 Å². The number of aromatic nitrogens is 2. The Kier molecular flexibility index (Phi) is 3.12. The Morgan fingerprint density at radius 1 is 1.38 bits per heavy atom. The number of likely N-dealkylation sites (N-methyl/N-ethyl adjacent to an activating group) is 1. The Balaban J connectivity index is 2.37. The molecule has 0 amide bonds. The zero-order valence-electron chi connectivity index (χ0n) is 9.03. The van der Waals surface area contributed by atoms with Crippen LogP contribution in [0.15, 0.2) is 36.5 Å². The fourth-order valence-corrected chi connectivity index (χ4v) is 1.58. The second-order valence-electron chi connectivity index (χ2n) is 3.48. The Bertz CT molecular complexity index is 476. The van der Waals surface area contributed by atoms with Crippen LogP contribution in [0.5, 0.6) is 0 Å². The third-order valence-corrected chi connectivity index (χ3v) is 2.34. The van der Waals surface area contributed by atoms with Crippen molar-refractivity contribution in [3.05, 3.63) is 42.1 Å². The summed E-state index contributed by atoms with van der Waals surface area (Å²) < 4.78 is 0. The van der Waals surface area contributed by atoms with Crippen molar-refractivity contribution in [1.82, 2.24) is 15.5 Å². The van der Waals surface area contributed by atoms with Crippen molar-refractivity contribution < 1.29 is 4.79 Å². The van der Waals surface area contributed by atoms with Crippen molar-refractivity contribution in [3.63, 3.8) is 0 Å². The molecule has 0 unspecified atom stereocenters. The Labute approximate surface area is 93.7 Å². The van der Waals surface area contributed by atoms with Gasteiger partial charge in [0.2, 0.25) is 0 Å². The fraction of sp³-hybridized carbons (Fsp3) is 0.167. The number of benzene rings is 1. The van der Waals surface area contributed by atoms with Gasteiger partial charge >= 0.3 is 0 Å². The molecule has 2 N–H and O–H groups in total. The van der Waals surface area contributed by atoms with Crippen molar-refractivity contribution in [3.8, 4) is 11.3 Å². The highest BCUT2D eigenvalue weighted by Gasteiger charge is 2.13. The van der Waals surface area contributed by atoms with Crippen LogP contribution in [0.3, 0.4) is 0 Å². The predicted octanol–water partition coefficient (Wildman–Crippen LogP) is 1.48. The molecule has 0 saturated carbocycles. The van der Waals surface area contributed by atoms with Crippen molar-refractivity contribution in [1.29, 1.82) is 0 Å². The molecule has 1 aromatic carbocycles. The van der Waals surface area contributed by atoms with E-state index in [0.29, 0.717) is 12.1 Å². The van der Waals surface area contributed by atoms with Crippen LogP contribution >= 0.6 is 0 Å². The summed E-state index contributed by atoms with van der Waals surface area (Å²) in [6, 6.07) is 9.70. The summed E-state index contributed by atoms with van der Waals surface area (Å²) in [5.74, 6) is 0.0371. The second-order valence-corrected chi connectivity index (χ2v) is 3.48. The molecule has 4 heteroatoms. The molecule has 1 heterocycles. The van der Waals surface area contributed by atoms with E-state index in [-0.39, 0.29) is 5.78 Å². The van der Waals surface area contributed by atoms with Crippen molar-refractivity contribution >= 4 is 5.78 Å². The third-order valence-electron chi connectivity index (χ3n) is 2.34. The van der Waals surface area contributed by atoms with Crippen molar-refractivity contribution in [2.24, 2.45) is 0 Å². The van der Waals surface area contributed by atoms with E-state index < -0.39 is 0 Å². The van der Waals surface area contributed by atoms with Gasteiger partial charge in [-0.25, -0.2) is 0 Å². The lowest BCUT2D eigenvalue weighted by atomic mass is 10.1. The van der Waals surface area contributed by atoms with Crippen molar-refractivity contribution in [2.75, 3.05) is 13.6 Å². The Hall–Kier alpha value is -1.94. The fourth-order valence-electron chi connectivity index (χ4n) is 1.58. The third kappa shape index (κ3) is 2.01. The van der Waals surface area contributed by atoms with E-state index in [1.165, 1.54) is 0 Å². The SMILES string of the molecule is CNCC(=O)c1cn[nH]c1-c1ccccc1. The number of H-pyrrole nitrogens is 1. The molecule has 0 fully saturated rings. The first-order valence-electron chi connectivity index (χ1n) is 5.09. The molecular weight excluding hydrogens is 202 g/mol. The van der Waals surface area contributed by atoms with E-state index in [2.05, 4.69) is 15.5 Å². The number of ketones is 1. The molecule has 1 aromatic heterocycles. The maximum Gasteiger partial charge on any atom is 0.180 e. The molecular formula is C12H13N3O. The van der Waals surface area contributed by atoms with Crippen molar-refractivity contribution in [2.45, 2.75) is 0 Å². The van der Waals surface area contributed by atoms with Crippen LogP contribution in [0.2, 0.25) is 0 Å². The van der Waals surface area contributed by atoms with E-state index in [1.807, 2.05) is 30.3 Å². The molecule has 0 bridgehead atoms. The summed E-state index contributed by atoms with van der Waals surface area (Å²) >= 11 is 0. The van der Waals surface area contributed by atoms with Crippen LogP contribution in [0.4, 0.5) is 0 Å². The van der Waals surface area contributed by atoms with Crippen LogP contribution in [-0.4, -0.2) is 29.6 Å². The van der Waals surface area contributed by atoms with Gasteiger partial charge in [0, 0.05) is 5.56 Å². The van der Waals surface area contributed by atoms with Gasteiger partial charge in [0.25, 0.3) is 0 Å². The van der Waals surface area contributed by atoms with E-state index in [1.54, 1.807) is 13.2 Å². The van der Waals surface area contributed by atoms with E-state index in [9.17, 15) is 4.79 Å². The number of carbonyl (C=O) groups excluding carboxylic acids is 1. The van der Waals surface area contributed by atoms with Gasteiger partial charge in [0.05, 0.1) is 24.0 Å². The van der Waals surface area contributed by atoms with E-state index in [4.69, 9.17) is 0 Å². The summed E-state index contributed by atoms with van der Waals surface area (Å²) in [6.45, 7) is 0.319. The predicted molar refractivity (Wildman–Crippen MR) is 62.3 cm³/mol. The average molecular weight is 215 g/mol. The molecule has 0 saturated heterocycles. The van der Waals surface area contributed by atoms with Gasteiger partial charge in [0.1, 0.15) is 0 Å². The normalized spacial score (nSPS) is 10.3. The van der Waals surface area contributed by atoms with Crippen LogP contribution in [0.25, 0.3) is 11.3 Å². The minimum atomic E-state index is 0.0371. The van der Waals surface area contributed by atoms with Crippen LogP contribution in [0, 0.1) is 0 Å². The van der Waals surface area contributed by atoms with Gasteiger partial charge < -0.3 is 5.32 Å². The standard InChI is InChI=1S/C12H13N3O/c1-13-8-11(16)10-7-14-15-12(10)9-5-3-2-4-6-9/h2-7,13H,8H2,1H3,(H,14,15). The molecule has 0 radical (unpaired) electrons. The number of Topliss-reactive ketones (excluding diaryl/α,β-unsaturated/α-hetero) is 1. The topological polar surface area (TPSA) is 57.8 Å². The number of carbonyl (C=O) groups is 1. The van der Waals surface area contributed by atoms with Crippen LogP contribution in [-0.2, 0) is 0 Å². The summed E-state index contributed by atoms with van der Waals surface area (Å²) in [7, 11) is 1.75. The lowest BCUT2D eigenvalue weighted by Gasteiger charge is -2.01. The molecule has 0 atom stereocenters. The maximum atomic E-state index is 11.8. The number of hydrogen-bond donors (Lipinski definition) is 2. The first kappa shape index (κ1) is 10.6. The summed E-state index contributed by atoms with van der Waals surface area (Å²) in [5.41, 5.74) is 2.38. The molecule has 0 aliphatic rings. The molecule has 0 aliphatic carbocycles. The number of nitrogens with zero attached hydrogens (tertiary/aromatic N) is 1. The molecule has 0 spiro atoms. The smallest absolute Gasteiger partial charge is 0.180 e. The first-order valence-corrected chi connectivity index (χ1v) is 5.09. The summed E-state index contributed by atoms with van der Waals surface area (Å²) in [5, 5.41) is 9.63. The quantitative estimate of drug-likeness (QED) is 0.759. The lowest BCUT2D eigenvalue weighted by Crippen LogP contribution is -2.18. The molecule has 4 nitrogen and oxygen atoms in total. The molecule has 2 aromatic rings. The molecule has 0 aliphatic heterocycles. The van der Waals surface area contributed by atoms with Gasteiger partial charge in [-0.2, -0.15) is 5.10 Å². The van der Waals surface area contributed by atoms with E-state index in [0.717, 1.165) is 11.3 Å². The zero-order chi connectivity index (χ0) is 11.4. The number of aromatic amines is 1. The Morgan fingerprint density at radius 3 is 2.81 bits per heavy atom. The molecule has 82 valence electrons. The largest absolute Gasteiger partial charge is 0.313 e. The number of nitrogens with one attached hydrogen (secondary N) is 2. The minimum absolute atomic E-state index is 0.0371. The molecule has 16 heavy (non-hydrogen) atoms. The maximum absolute atomic E-state index is 11.8. The first-order chi connectivity index (χ1) is 7.83. The summed E-state index contributed by atoms with van der Waals surface area (Å²) in [4.78, 5) is 11.8. The van der Waals surface area contributed by atoms with E-state index >= 15 is 0 Å². The lowest BCUT2D eigenvalue weighted by molar-refractivity contribution is 0.0994. The highest BCUT2D eigenvalue weighted by atomic mass is 16.1. The highest BCUT2D eigenvalue weighted by molar-refractivity contribution is 6.02. The van der Waals surface area contributed by atoms with Gasteiger partial charge in [0.15, 0.2) is 5.78 Å². The highest BCUT2D eigenvalue weighted by Crippen LogP contribution is 2.20. The van der Waals surface area contributed by atoms with Gasteiger partial charge in [-0.05, 0) is 7.05 Å². The number of rotatable bonds is 4. The average Bonchev–Trinajstić information content (AvgIpc) is 2.79. The summed E-state index contributed by atoms with van der Waals surface area (Å²) in [6.07, 6.45) is 1.57. The number of hydrogen-bond acceptors (Lipinski definition) is 3. The van der Waals surface area contributed by atoms with Crippen LogP contribution < -0.4 is 5.32 Å². The van der Waals surface area contributed by atoms with Gasteiger partial charge in [-0.1, -0.05) is 30.3 Å². The second kappa shape index (κ2) is 4.72.